The van der Waals surface area contributed by atoms with Gasteiger partial charge in [0.05, 0.1) is 11.6 Å². The highest BCUT2D eigenvalue weighted by Crippen LogP contribution is 2.37. The topological polar surface area (TPSA) is 27.1 Å². The highest BCUT2D eigenvalue weighted by Gasteiger charge is 2.19. The second-order valence-electron chi connectivity index (χ2n) is 6.06. The van der Waals surface area contributed by atoms with Crippen LogP contribution in [0.25, 0.3) is 0 Å². The number of thiocarbonyl (C=S) groups is 1. The van der Waals surface area contributed by atoms with Crippen LogP contribution in [-0.4, -0.2) is 13.9 Å². The molecule has 1 unspecified atom stereocenters. The van der Waals surface area contributed by atoms with Crippen LogP contribution in [0.5, 0.6) is 0 Å². The zero-order chi connectivity index (χ0) is 19.2. The number of hydrogen-bond acceptors (Lipinski definition) is 4. The van der Waals surface area contributed by atoms with Gasteiger partial charge in [-0.1, -0.05) is 79.5 Å². The third-order valence-corrected chi connectivity index (χ3v) is 6.55. The minimum Gasteiger partial charge on any atom is -0.474 e. The number of imidazole rings is 1. The van der Waals surface area contributed by atoms with Crippen molar-refractivity contribution in [2.75, 3.05) is 0 Å². The summed E-state index contributed by atoms with van der Waals surface area (Å²) in [6.07, 6.45) is 5.55. The first-order chi connectivity index (χ1) is 13.0. The normalized spacial score (nSPS) is 12.0. The average Bonchev–Trinajstić information content (AvgIpc) is 3.14. The monoisotopic (exact) mass is 524 g/mol. The summed E-state index contributed by atoms with van der Waals surface area (Å²) in [5.41, 5.74) is 3.51. The molecule has 3 nitrogen and oxygen atoms in total. The van der Waals surface area contributed by atoms with Crippen LogP contribution < -0.4 is 0 Å². The summed E-state index contributed by atoms with van der Waals surface area (Å²) in [5, 5.41) is 0.104. The lowest BCUT2D eigenvalue weighted by Crippen LogP contribution is -2.09. The van der Waals surface area contributed by atoms with E-state index in [0.29, 0.717) is 11.0 Å². The molecule has 2 aromatic carbocycles. The lowest BCUT2D eigenvalue weighted by Gasteiger charge is -2.19. The largest absolute Gasteiger partial charge is 0.474 e. The Labute approximate surface area is 185 Å². The molecule has 0 radical (unpaired) electrons. The molecule has 7 heteroatoms. The maximum atomic E-state index is 5.85. The predicted molar refractivity (Wildman–Crippen MR) is 123 cm³/mol. The molecular formula is C20H18Br2N2OS2. The van der Waals surface area contributed by atoms with Crippen LogP contribution in [0.15, 0.2) is 70.1 Å². The standard InChI is InChI=1S/C20H18Br2N2OS2/c1-14-2-4-15(5-3-14)12-25-20(26)27-19(11-24-9-8-23-13-24)17-7-6-16(21)10-18(17)22/h2-10,13,19H,11-12H2,1H3. The van der Waals surface area contributed by atoms with Gasteiger partial charge in [-0.05, 0) is 42.4 Å². The maximum absolute atomic E-state index is 5.85. The van der Waals surface area contributed by atoms with Gasteiger partial charge in [-0.3, -0.25) is 0 Å². The smallest absolute Gasteiger partial charge is 0.220 e. The summed E-state index contributed by atoms with van der Waals surface area (Å²) in [5.74, 6) is 0. The highest BCUT2D eigenvalue weighted by molar-refractivity contribution is 9.11. The van der Waals surface area contributed by atoms with Crippen molar-refractivity contribution >= 4 is 60.2 Å². The fraction of sp³-hybridized carbons (Fsp3) is 0.200. The first-order valence-corrected chi connectivity index (χ1v) is 11.2. The summed E-state index contributed by atoms with van der Waals surface area (Å²) in [6.45, 7) is 3.30. The molecule has 0 aliphatic carbocycles. The van der Waals surface area contributed by atoms with Crippen molar-refractivity contribution in [3.8, 4) is 0 Å². The Morgan fingerprint density at radius 3 is 2.67 bits per heavy atom. The van der Waals surface area contributed by atoms with E-state index in [1.54, 1.807) is 18.0 Å². The Morgan fingerprint density at radius 1 is 1.22 bits per heavy atom. The predicted octanol–water partition coefficient (Wildman–Crippen LogP) is 6.69. The summed E-state index contributed by atoms with van der Waals surface area (Å²) < 4.78 is 10.5. The second kappa shape index (κ2) is 9.87. The Morgan fingerprint density at radius 2 is 2.00 bits per heavy atom. The SMILES string of the molecule is Cc1ccc(COC(=S)SC(Cn2ccnc2)c2ccc(Br)cc2Br)cc1. The molecule has 0 aliphatic heterocycles. The molecule has 0 fully saturated rings. The van der Waals surface area contributed by atoms with Gasteiger partial charge in [-0.25, -0.2) is 4.98 Å². The molecule has 0 N–H and O–H groups in total. The molecule has 3 aromatic rings. The lowest BCUT2D eigenvalue weighted by molar-refractivity contribution is 0.310. The van der Waals surface area contributed by atoms with Crippen molar-refractivity contribution in [3.63, 3.8) is 0 Å². The van der Waals surface area contributed by atoms with Crippen LogP contribution >= 0.6 is 55.8 Å². The van der Waals surface area contributed by atoms with E-state index >= 15 is 0 Å². The average molecular weight is 526 g/mol. The number of benzene rings is 2. The first kappa shape index (κ1) is 20.6. The fourth-order valence-corrected chi connectivity index (χ4v) is 5.35. The molecule has 140 valence electrons. The third kappa shape index (κ3) is 6.17. The molecule has 1 atom stereocenters. The zero-order valence-corrected chi connectivity index (χ0v) is 19.4. The van der Waals surface area contributed by atoms with Crippen LogP contribution in [0, 0.1) is 6.92 Å². The van der Waals surface area contributed by atoms with E-state index in [9.17, 15) is 0 Å². The van der Waals surface area contributed by atoms with Crippen molar-refractivity contribution in [1.82, 2.24) is 9.55 Å². The van der Waals surface area contributed by atoms with Gasteiger partial charge < -0.3 is 9.30 Å². The third-order valence-electron chi connectivity index (χ3n) is 3.96. The highest BCUT2D eigenvalue weighted by atomic mass is 79.9. The molecule has 1 heterocycles. The molecule has 0 saturated heterocycles. The lowest BCUT2D eigenvalue weighted by atomic mass is 10.1. The van der Waals surface area contributed by atoms with Crippen LogP contribution in [0.4, 0.5) is 0 Å². The number of nitrogens with zero attached hydrogens (tertiary/aromatic N) is 2. The van der Waals surface area contributed by atoms with Gasteiger partial charge in [0, 0.05) is 27.9 Å². The van der Waals surface area contributed by atoms with E-state index in [4.69, 9.17) is 17.0 Å². The van der Waals surface area contributed by atoms with E-state index < -0.39 is 0 Å². The minimum atomic E-state index is 0.104. The van der Waals surface area contributed by atoms with Gasteiger partial charge in [0.25, 0.3) is 0 Å². The fourth-order valence-electron chi connectivity index (χ4n) is 2.52. The molecule has 27 heavy (non-hydrogen) atoms. The molecule has 3 rings (SSSR count). The Balaban J connectivity index is 1.70. The van der Waals surface area contributed by atoms with E-state index in [2.05, 4.69) is 78.7 Å². The molecule has 0 saturated carbocycles. The first-order valence-electron chi connectivity index (χ1n) is 8.31. The van der Waals surface area contributed by atoms with Crippen molar-refractivity contribution in [1.29, 1.82) is 0 Å². The summed E-state index contributed by atoms with van der Waals surface area (Å²) in [6, 6.07) is 14.5. The Kier molecular flexibility index (Phi) is 7.52. The van der Waals surface area contributed by atoms with Crippen LogP contribution in [0.3, 0.4) is 0 Å². The van der Waals surface area contributed by atoms with E-state index in [-0.39, 0.29) is 5.25 Å². The van der Waals surface area contributed by atoms with Gasteiger partial charge in [0.15, 0.2) is 0 Å². The molecule has 0 aliphatic rings. The maximum Gasteiger partial charge on any atom is 0.220 e. The van der Waals surface area contributed by atoms with Crippen molar-refractivity contribution in [2.24, 2.45) is 0 Å². The number of ether oxygens (including phenoxy) is 1. The number of thioether (sulfide) groups is 1. The van der Waals surface area contributed by atoms with Gasteiger partial charge >= 0.3 is 0 Å². The van der Waals surface area contributed by atoms with Crippen molar-refractivity contribution in [3.05, 3.63) is 86.8 Å². The molecule has 0 spiro atoms. The minimum absolute atomic E-state index is 0.104. The van der Waals surface area contributed by atoms with Gasteiger partial charge in [-0.15, -0.1) is 0 Å². The van der Waals surface area contributed by atoms with Crippen LogP contribution in [-0.2, 0) is 17.9 Å². The molecule has 0 amide bonds. The quantitative estimate of drug-likeness (QED) is 0.335. The van der Waals surface area contributed by atoms with E-state index in [1.807, 2.05) is 24.7 Å². The van der Waals surface area contributed by atoms with E-state index in [0.717, 1.165) is 26.6 Å². The molecule has 0 bridgehead atoms. The number of hydrogen-bond donors (Lipinski definition) is 0. The van der Waals surface area contributed by atoms with Gasteiger partial charge in [0.2, 0.25) is 4.38 Å². The summed E-state index contributed by atoms with van der Waals surface area (Å²) in [4.78, 5) is 4.14. The number of aryl methyl sites for hydroxylation is 1. The van der Waals surface area contributed by atoms with Crippen LogP contribution in [0.2, 0.25) is 0 Å². The second-order valence-corrected chi connectivity index (χ2v) is 9.63. The Hall–Kier alpha value is -1.15. The number of rotatable bonds is 6. The van der Waals surface area contributed by atoms with Crippen LogP contribution in [0.1, 0.15) is 21.9 Å². The number of halogens is 2. The summed E-state index contributed by atoms with van der Waals surface area (Å²) in [7, 11) is 0. The molecular weight excluding hydrogens is 508 g/mol. The summed E-state index contributed by atoms with van der Waals surface area (Å²) >= 11 is 14.2. The van der Waals surface area contributed by atoms with Crippen molar-refractivity contribution in [2.45, 2.75) is 25.3 Å². The molecule has 1 aromatic heterocycles. The zero-order valence-electron chi connectivity index (χ0n) is 14.6. The van der Waals surface area contributed by atoms with Crippen molar-refractivity contribution < 1.29 is 4.74 Å². The number of aromatic nitrogens is 2. The van der Waals surface area contributed by atoms with E-state index in [1.165, 1.54) is 5.56 Å². The van der Waals surface area contributed by atoms with Gasteiger partial charge in [0.1, 0.15) is 6.61 Å². The van der Waals surface area contributed by atoms with Gasteiger partial charge in [-0.2, -0.15) is 0 Å². The Bertz CT molecular complexity index is 899.